The summed E-state index contributed by atoms with van der Waals surface area (Å²) in [4.78, 5) is 16.2. The van der Waals surface area contributed by atoms with E-state index < -0.39 is 0 Å². The van der Waals surface area contributed by atoms with Crippen molar-refractivity contribution in [3.05, 3.63) is 76.9 Å². The quantitative estimate of drug-likeness (QED) is 0.425. The summed E-state index contributed by atoms with van der Waals surface area (Å²) in [6.07, 6.45) is 11.6. The van der Waals surface area contributed by atoms with Crippen LogP contribution in [0.4, 0.5) is 0 Å². The molecule has 5 heterocycles. The van der Waals surface area contributed by atoms with Gasteiger partial charge in [0.25, 0.3) is 0 Å². The van der Waals surface area contributed by atoms with Gasteiger partial charge in [-0.25, -0.2) is 9.97 Å². The standard InChI is InChI=1S/C23H18N4O/c28-11-1-2-21-22-9-7-19(26-22)13-17-5-3-15(24-17)12-16-4-6-18(25-16)14-20-8-10-23(21)27-20/h1-10,12-14,24,27-28H,11H2. The fraction of sp³-hybridized carbons (Fsp3) is 0.0435. The molecule has 5 nitrogen and oxygen atoms in total. The first kappa shape index (κ1) is 16.5. The van der Waals surface area contributed by atoms with Crippen molar-refractivity contribution in [3.8, 4) is 0 Å². The molecule has 8 bridgehead atoms. The van der Waals surface area contributed by atoms with Crippen molar-refractivity contribution in [2.45, 2.75) is 0 Å². The number of aliphatic hydroxyl groups is 1. The van der Waals surface area contributed by atoms with Crippen molar-refractivity contribution in [2.24, 2.45) is 0 Å². The minimum Gasteiger partial charge on any atom is -0.392 e. The van der Waals surface area contributed by atoms with Crippen molar-refractivity contribution in [3.63, 3.8) is 0 Å². The van der Waals surface area contributed by atoms with Crippen LogP contribution in [0.1, 0.15) is 28.3 Å². The zero-order chi connectivity index (χ0) is 18.9. The molecule has 0 atom stereocenters. The van der Waals surface area contributed by atoms with Gasteiger partial charge in [-0.05, 0) is 66.8 Å². The van der Waals surface area contributed by atoms with Crippen molar-refractivity contribution in [1.29, 1.82) is 0 Å². The maximum atomic E-state index is 9.23. The van der Waals surface area contributed by atoms with E-state index in [2.05, 4.69) is 15.0 Å². The normalized spacial score (nSPS) is 12.9. The number of hydrogen-bond donors (Lipinski definition) is 3. The highest BCUT2D eigenvalue weighted by Gasteiger charge is 2.06. The average Bonchev–Trinajstić information content (AvgIpc) is 3.46. The highest BCUT2D eigenvalue weighted by molar-refractivity contribution is 5.84. The lowest BCUT2D eigenvalue weighted by Crippen LogP contribution is -1.83. The van der Waals surface area contributed by atoms with Crippen LogP contribution in [0.3, 0.4) is 0 Å². The maximum absolute atomic E-state index is 9.23. The molecule has 0 spiro atoms. The van der Waals surface area contributed by atoms with Crippen LogP contribution in [0.25, 0.3) is 52.4 Å². The molecule has 0 unspecified atom stereocenters. The summed E-state index contributed by atoms with van der Waals surface area (Å²) in [6, 6.07) is 14.1. The van der Waals surface area contributed by atoms with Gasteiger partial charge in [-0.1, -0.05) is 12.2 Å². The largest absolute Gasteiger partial charge is 0.392 e. The topological polar surface area (TPSA) is 77.6 Å². The lowest BCUT2D eigenvalue weighted by molar-refractivity contribution is 0.343. The van der Waals surface area contributed by atoms with Crippen LogP contribution in [0, 0.1) is 0 Å². The first-order valence-corrected chi connectivity index (χ1v) is 9.12. The van der Waals surface area contributed by atoms with E-state index in [-0.39, 0.29) is 6.61 Å². The van der Waals surface area contributed by atoms with Crippen LogP contribution < -0.4 is 0 Å². The summed E-state index contributed by atoms with van der Waals surface area (Å²) in [5.41, 5.74) is 8.33. The minimum absolute atomic E-state index is 0.0230. The summed E-state index contributed by atoms with van der Waals surface area (Å²) in [7, 11) is 0. The Morgan fingerprint density at radius 1 is 0.750 bits per heavy atom. The molecule has 3 aromatic rings. The van der Waals surface area contributed by atoms with Crippen LogP contribution >= 0.6 is 0 Å². The number of rotatable bonds is 2. The summed E-state index contributed by atoms with van der Waals surface area (Å²) in [6.45, 7) is -0.0230. The van der Waals surface area contributed by atoms with Crippen LogP contribution in [0.2, 0.25) is 0 Å². The molecule has 0 fully saturated rings. The Labute approximate surface area is 161 Å². The van der Waals surface area contributed by atoms with Gasteiger partial charge < -0.3 is 15.1 Å². The fourth-order valence-corrected chi connectivity index (χ4v) is 3.38. The lowest BCUT2D eigenvalue weighted by Gasteiger charge is -1.95. The average molecular weight is 366 g/mol. The van der Waals surface area contributed by atoms with Gasteiger partial charge in [-0.3, -0.25) is 0 Å². The molecule has 5 rings (SSSR count). The fourth-order valence-electron chi connectivity index (χ4n) is 3.38. The Hall–Kier alpha value is -3.70. The van der Waals surface area contributed by atoms with Gasteiger partial charge >= 0.3 is 0 Å². The van der Waals surface area contributed by atoms with Crippen molar-refractivity contribution < 1.29 is 5.11 Å². The second kappa shape index (κ2) is 6.79. The molecular weight excluding hydrogens is 348 g/mol. The molecule has 2 aliphatic heterocycles. The van der Waals surface area contributed by atoms with Crippen LogP contribution in [-0.2, 0) is 0 Å². The van der Waals surface area contributed by atoms with E-state index >= 15 is 0 Å². The van der Waals surface area contributed by atoms with Crippen molar-refractivity contribution in [2.75, 3.05) is 6.61 Å². The molecule has 2 aliphatic rings. The Morgan fingerprint density at radius 3 is 2.07 bits per heavy atom. The van der Waals surface area contributed by atoms with E-state index in [1.54, 1.807) is 6.08 Å². The van der Waals surface area contributed by atoms with Crippen LogP contribution in [0.5, 0.6) is 0 Å². The SMILES string of the molecule is OCC=Cc1c2nc(cc3ccc(cc4nc(cc5ccc1[nH]5)C=C4)[nH]3)C=C2. The zero-order valence-corrected chi connectivity index (χ0v) is 15.1. The van der Waals surface area contributed by atoms with Gasteiger partial charge in [0, 0.05) is 27.6 Å². The first-order valence-electron chi connectivity index (χ1n) is 9.12. The van der Waals surface area contributed by atoms with Gasteiger partial charge in [0.05, 0.1) is 29.4 Å². The number of nitrogens with one attached hydrogen (secondary N) is 2. The number of aliphatic hydroxyl groups excluding tert-OH is 1. The molecule has 3 N–H and O–H groups in total. The summed E-state index contributed by atoms with van der Waals surface area (Å²) in [5.74, 6) is 0. The van der Waals surface area contributed by atoms with E-state index in [0.29, 0.717) is 0 Å². The molecule has 0 saturated carbocycles. The number of H-pyrrole nitrogens is 2. The molecule has 5 heteroatoms. The van der Waals surface area contributed by atoms with Gasteiger partial charge in [0.1, 0.15) is 0 Å². The van der Waals surface area contributed by atoms with Crippen molar-refractivity contribution >= 4 is 52.4 Å². The van der Waals surface area contributed by atoms with Crippen LogP contribution in [-0.4, -0.2) is 31.6 Å². The molecule has 0 aliphatic carbocycles. The smallest absolute Gasteiger partial charge is 0.0730 e. The van der Waals surface area contributed by atoms with Gasteiger partial charge in [0.2, 0.25) is 0 Å². The van der Waals surface area contributed by atoms with Crippen LogP contribution in [0.15, 0.2) is 48.5 Å². The lowest BCUT2D eigenvalue weighted by atomic mass is 10.2. The van der Waals surface area contributed by atoms with Crippen molar-refractivity contribution in [1.82, 2.24) is 19.9 Å². The number of nitrogens with zero attached hydrogens (tertiary/aromatic N) is 2. The number of aromatic amines is 2. The summed E-state index contributed by atoms with van der Waals surface area (Å²) in [5, 5.41) is 9.23. The van der Waals surface area contributed by atoms with E-state index in [0.717, 1.165) is 50.4 Å². The summed E-state index contributed by atoms with van der Waals surface area (Å²) < 4.78 is 0. The molecule has 0 aromatic carbocycles. The highest BCUT2D eigenvalue weighted by atomic mass is 16.2. The summed E-state index contributed by atoms with van der Waals surface area (Å²) >= 11 is 0. The van der Waals surface area contributed by atoms with E-state index in [9.17, 15) is 5.11 Å². The molecule has 0 saturated heterocycles. The van der Waals surface area contributed by atoms with E-state index in [4.69, 9.17) is 4.98 Å². The van der Waals surface area contributed by atoms with E-state index in [1.165, 1.54) is 0 Å². The molecule has 0 amide bonds. The number of fused-ring (bicyclic) bond motifs is 8. The Balaban J connectivity index is 1.86. The second-order valence-corrected chi connectivity index (χ2v) is 6.68. The van der Waals surface area contributed by atoms with Gasteiger partial charge in [0.15, 0.2) is 0 Å². The molecule has 3 aromatic heterocycles. The third kappa shape index (κ3) is 3.19. The third-order valence-corrected chi connectivity index (χ3v) is 4.65. The maximum Gasteiger partial charge on any atom is 0.0730 e. The molecule has 0 radical (unpaired) electrons. The third-order valence-electron chi connectivity index (χ3n) is 4.65. The monoisotopic (exact) mass is 366 g/mol. The second-order valence-electron chi connectivity index (χ2n) is 6.68. The predicted molar refractivity (Wildman–Crippen MR) is 115 cm³/mol. The molecular formula is C23H18N4O. The van der Waals surface area contributed by atoms with Gasteiger partial charge in [-0.2, -0.15) is 0 Å². The number of aromatic nitrogens is 4. The zero-order valence-electron chi connectivity index (χ0n) is 15.1. The number of hydrogen-bond acceptors (Lipinski definition) is 3. The predicted octanol–water partition coefficient (Wildman–Crippen LogP) is 4.66. The Morgan fingerprint density at radius 2 is 1.36 bits per heavy atom. The molecule has 136 valence electrons. The van der Waals surface area contributed by atoms with E-state index in [1.807, 2.05) is 72.8 Å². The minimum atomic E-state index is -0.0230. The Bertz CT molecular complexity index is 1300. The van der Waals surface area contributed by atoms with Gasteiger partial charge in [-0.15, -0.1) is 0 Å². The first-order chi connectivity index (χ1) is 13.8. The Kier molecular flexibility index (Phi) is 4.00. The molecule has 28 heavy (non-hydrogen) atoms. The highest BCUT2D eigenvalue weighted by Crippen LogP contribution is 2.22.